The molecule has 3 aromatic rings. The van der Waals surface area contributed by atoms with Crippen LogP contribution in [0.25, 0.3) is 0 Å². The third kappa shape index (κ3) is 2.92. The largest absolute Gasteiger partial charge is 0.346 e. The van der Waals surface area contributed by atoms with Gasteiger partial charge in [0, 0.05) is 8.59 Å². The Bertz CT molecular complexity index is 832. The zero-order valence-electron chi connectivity index (χ0n) is 12.0. The first-order valence-corrected chi connectivity index (χ1v) is 8.72. The average Bonchev–Trinajstić information content (AvgIpc) is 3.03. The lowest BCUT2D eigenvalue weighted by Gasteiger charge is -2.31. The van der Waals surface area contributed by atoms with Crippen molar-refractivity contribution in [1.29, 1.82) is 0 Å². The van der Waals surface area contributed by atoms with Crippen LogP contribution in [-0.2, 0) is 0 Å². The molecule has 7 heteroatoms. The third-order valence-corrected chi connectivity index (χ3v) is 5.01. The van der Waals surface area contributed by atoms with Crippen molar-refractivity contribution in [1.82, 2.24) is 20.2 Å². The first kappa shape index (κ1) is 14.9. The Labute approximate surface area is 152 Å². The number of halogens is 2. The highest BCUT2D eigenvalue weighted by atomic mass is 127. The van der Waals surface area contributed by atoms with Crippen LogP contribution >= 0.6 is 34.2 Å². The van der Waals surface area contributed by atoms with Crippen molar-refractivity contribution in [2.24, 2.45) is 0 Å². The number of hydrogen-bond donors (Lipinski definition) is 1. The average molecular weight is 438 g/mol. The molecule has 0 aliphatic carbocycles. The lowest BCUT2D eigenvalue weighted by atomic mass is 9.93. The van der Waals surface area contributed by atoms with Crippen LogP contribution in [-0.4, -0.2) is 20.2 Å². The van der Waals surface area contributed by atoms with Crippen LogP contribution in [0.1, 0.15) is 29.6 Å². The van der Waals surface area contributed by atoms with Crippen molar-refractivity contribution in [3.63, 3.8) is 0 Å². The molecule has 23 heavy (non-hydrogen) atoms. The van der Waals surface area contributed by atoms with E-state index < -0.39 is 0 Å². The minimum atomic E-state index is 0.0595. The summed E-state index contributed by atoms with van der Waals surface area (Å²) in [5.41, 5.74) is 2.34. The van der Waals surface area contributed by atoms with Crippen molar-refractivity contribution in [2.45, 2.75) is 18.5 Å². The van der Waals surface area contributed by atoms with Crippen LogP contribution < -0.4 is 5.32 Å². The predicted octanol–water partition coefficient (Wildman–Crippen LogP) is 4.08. The Morgan fingerprint density at radius 1 is 1.13 bits per heavy atom. The number of tetrazole rings is 1. The highest BCUT2D eigenvalue weighted by Gasteiger charge is 2.30. The third-order valence-electron chi connectivity index (χ3n) is 4.06. The smallest absolute Gasteiger partial charge is 0.243 e. The lowest BCUT2D eigenvalue weighted by molar-refractivity contribution is 0.424. The van der Waals surface area contributed by atoms with Crippen LogP contribution in [0.5, 0.6) is 0 Å². The van der Waals surface area contributed by atoms with E-state index >= 15 is 0 Å². The van der Waals surface area contributed by atoms with Gasteiger partial charge in [0.05, 0.1) is 12.1 Å². The fourth-order valence-electron chi connectivity index (χ4n) is 2.94. The standard InChI is InChI=1S/C16H13ClIN5/c17-12-3-1-2-11(8-12)15-9-14(10-4-6-13(18)7-5-10)19-16-20-21-22-23(15)16/h1-8,14-15H,9H2,(H,19,20,22)/t14-,15+/m0/s1. The quantitative estimate of drug-likeness (QED) is 0.614. The second-order valence-corrected chi connectivity index (χ2v) is 7.18. The van der Waals surface area contributed by atoms with E-state index in [4.69, 9.17) is 11.6 Å². The maximum Gasteiger partial charge on any atom is 0.243 e. The highest BCUT2D eigenvalue weighted by Crippen LogP contribution is 2.37. The van der Waals surface area contributed by atoms with Gasteiger partial charge in [0.15, 0.2) is 0 Å². The molecule has 0 amide bonds. The SMILES string of the molecule is Clc1cccc([C@H]2C[C@@H](c3ccc(I)cc3)Nc3nnnn32)c1. The summed E-state index contributed by atoms with van der Waals surface area (Å²) in [5.74, 6) is 0.685. The molecule has 0 radical (unpaired) electrons. The lowest BCUT2D eigenvalue weighted by Crippen LogP contribution is -2.28. The fraction of sp³-hybridized carbons (Fsp3) is 0.188. The van der Waals surface area contributed by atoms with Gasteiger partial charge in [-0.15, -0.1) is 0 Å². The predicted molar refractivity (Wildman–Crippen MR) is 97.5 cm³/mol. The second kappa shape index (κ2) is 6.09. The molecule has 1 N–H and O–H groups in total. The molecule has 2 aromatic carbocycles. The Hall–Kier alpha value is -1.67. The minimum Gasteiger partial charge on any atom is -0.346 e. The Morgan fingerprint density at radius 3 is 2.74 bits per heavy atom. The highest BCUT2D eigenvalue weighted by molar-refractivity contribution is 14.1. The topological polar surface area (TPSA) is 55.6 Å². The second-order valence-electron chi connectivity index (χ2n) is 5.50. The van der Waals surface area contributed by atoms with Gasteiger partial charge in [0.25, 0.3) is 0 Å². The zero-order valence-corrected chi connectivity index (χ0v) is 14.9. The maximum atomic E-state index is 6.16. The molecule has 1 aliphatic rings. The van der Waals surface area contributed by atoms with Gasteiger partial charge in [-0.05, 0) is 74.8 Å². The molecule has 0 spiro atoms. The van der Waals surface area contributed by atoms with E-state index in [0.29, 0.717) is 5.95 Å². The molecule has 0 unspecified atom stereocenters. The van der Waals surface area contributed by atoms with Crippen molar-refractivity contribution in [2.75, 3.05) is 5.32 Å². The Morgan fingerprint density at radius 2 is 1.96 bits per heavy atom. The van der Waals surface area contributed by atoms with Gasteiger partial charge in [-0.1, -0.05) is 41.0 Å². The van der Waals surface area contributed by atoms with E-state index in [-0.39, 0.29) is 12.1 Å². The molecule has 0 bridgehead atoms. The van der Waals surface area contributed by atoms with E-state index in [2.05, 4.69) is 73.8 Å². The fourth-order valence-corrected chi connectivity index (χ4v) is 3.50. The summed E-state index contributed by atoms with van der Waals surface area (Å²) >= 11 is 8.47. The molecular formula is C16H13ClIN5. The van der Waals surface area contributed by atoms with Crippen LogP contribution in [0.3, 0.4) is 0 Å². The van der Waals surface area contributed by atoms with E-state index in [1.165, 1.54) is 9.13 Å². The molecule has 116 valence electrons. The number of fused-ring (bicyclic) bond motifs is 1. The number of anilines is 1. The number of aromatic nitrogens is 4. The molecule has 0 fully saturated rings. The number of benzene rings is 2. The summed E-state index contributed by atoms with van der Waals surface area (Å²) in [6.45, 7) is 0. The van der Waals surface area contributed by atoms with Crippen molar-refractivity contribution >= 4 is 40.1 Å². The normalized spacial score (nSPS) is 19.9. The summed E-state index contributed by atoms with van der Waals surface area (Å²) < 4.78 is 3.05. The van der Waals surface area contributed by atoms with E-state index in [1.807, 2.05) is 22.9 Å². The summed E-state index contributed by atoms with van der Waals surface area (Å²) in [6.07, 6.45) is 0.860. The number of nitrogens with zero attached hydrogens (tertiary/aromatic N) is 4. The maximum absolute atomic E-state index is 6.16. The molecule has 5 nitrogen and oxygen atoms in total. The first-order chi connectivity index (χ1) is 11.2. The molecular weight excluding hydrogens is 425 g/mol. The van der Waals surface area contributed by atoms with E-state index in [0.717, 1.165) is 17.0 Å². The minimum absolute atomic E-state index is 0.0595. The molecule has 2 heterocycles. The van der Waals surface area contributed by atoms with Gasteiger partial charge in [-0.25, -0.2) is 4.68 Å². The van der Waals surface area contributed by atoms with Gasteiger partial charge in [0.2, 0.25) is 5.95 Å². The Kier molecular flexibility index (Phi) is 3.94. The summed E-state index contributed by atoms with van der Waals surface area (Å²) in [7, 11) is 0. The van der Waals surface area contributed by atoms with Crippen LogP contribution in [0.2, 0.25) is 5.02 Å². The first-order valence-electron chi connectivity index (χ1n) is 7.26. The Balaban J connectivity index is 1.73. The van der Waals surface area contributed by atoms with E-state index in [9.17, 15) is 0 Å². The van der Waals surface area contributed by atoms with Crippen LogP contribution in [0, 0.1) is 3.57 Å². The number of hydrogen-bond acceptors (Lipinski definition) is 4. The summed E-state index contributed by atoms with van der Waals surface area (Å²) in [6, 6.07) is 16.6. The summed E-state index contributed by atoms with van der Waals surface area (Å²) in [4.78, 5) is 0. The number of nitrogens with one attached hydrogen (secondary N) is 1. The molecule has 4 rings (SSSR count). The van der Waals surface area contributed by atoms with Crippen molar-refractivity contribution in [3.05, 3.63) is 68.3 Å². The molecule has 0 saturated heterocycles. The van der Waals surface area contributed by atoms with Gasteiger partial charge < -0.3 is 5.32 Å². The van der Waals surface area contributed by atoms with E-state index in [1.54, 1.807) is 0 Å². The monoisotopic (exact) mass is 437 g/mol. The van der Waals surface area contributed by atoms with Gasteiger partial charge in [-0.2, -0.15) is 0 Å². The zero-order chi connectivity index (χ0) is 15.8. The van der Waals surface area contributed by atoms with Crippen molar-refractivity contribution in [3.8, 4) is 0 Å². The van der Waals surface area contributed by atoms with Gasteiger partial charge in [0.1, 0.15) is 0 Å². The molecule has 1 aromatic heterocycles. The van der Waals surface area contributed by atoms with Gasteiger partial charge >= 0.3 is 0 Å². The molecule has 1 aliphatic heterocycles. The van der Waals surface area contributed by atoms with Crippen LogP contribution in [0.15, 0.2) is 48.5 Å². The van der Waals surface area contributed by atoms with Gasteiger partial charge in [-0.3, -0.25) is 0 Å². The molecule has 2 atom stereocenters. The van der Waals surface area contributed by atoms with Crippen LogP contribution in [0.4, 0.5) is 5.95 Å². The van der Waals surface area contributed by atoms with Crippen molar-refractivity contribution < 1.29 is 0 Å². The molecule has 0 saturated carbocycles. The number of rotatable bonds is 2. The summed E-state index contributed by atoms with van der Waals surface area (Å²) in [5, 5.41) is 16.2.